The van der Waals surface area contributed by atoms with Gasteiger partial charge in [-0.05, 0) is 36.4 Å². The van der Waals surface area contributed by atoms with E-state index in [1.54, 1.807) is 12.1 Å². The first kappa shape index (κ1) is 19.8. The van der Waals surface area contributed by atoms with Crippen LogP contribution in [0.5, 0.6) is 11.5 Å². The summed E-state index contributed by atoms with van der Waals surface area (Å²) in [6, 6.07) is 10.1. The lowest BCUT2D eigenvalue weighted by Crippen LogP contribution is -2.50. The summed E-state index contributed by atoms with van der Waals surface area (Å²) in [5, 5.41) is 2.40. The fraction of sp³-hybridized carbons (Fsp3) is 0.235. The maximum Gasteiger partial charge on any atom is 0.573 e. The van der Waals surface area contributed by atoms with Gasteiger partial charge in [-0.3, -0.25) is 9.10 Å². The quantitative estimate of drug-likeness (QED) is 0.827. The first-order valence-electron chi connectivity index (χ1n) is 7.97. The van der Waals surface area contributed by atoms with E-state index in [9.17, 15) is 26.4 Å². The molecule has 0 bridgehead atoms. The van der Waals surface area contributed by atoms with Crippen molar-refractivity contribution in [3.8, 4) is 11.5 Å². The van der Waals surface area contributed by atoms with Crippen molar-refractivity contribution in [3.63, 3.8) is 0 Å². The van der Waals surface area contributed by atoms with Crippen molar-refractivity contribution >= 4 is 21.6 Å². The SMILES string of the molecule is CNC(=O)C1CN(S(=O)(=O)c2ccc(OC(F)(F)F)cc2)c2ccccc2O1. The van der Waals surface area contributed by atoms with Gasteiger partial charge in [-0.25, -0.2) is 8.42 Å². The van der Waals surface area contributed by atoms with Crippen molar-refractivity contribution in [2.24, 2.45) is 0 Å². The molecule has 2 aromatic rings. The number of anilines is 1. The third-order valence-electron chi connectivity index (χ3n) is 3.92. The van der Waals surface area contributed by atoms with Crippen LogP contribution in [0.15, 0.2) is 53.4 Å². The van der Waals surface area contributed by atoms with Crippen LogP contribution in [0.2, 0.25) is 0 Å². The molecule has 7 nitrogen and oxygen atoms in total. The Hall–Kier alpha value is -2.95. The highest BCUT2D eigenvalue weighted by Crippen LogP contribution is 2.37. The molecule has 2 aromatic carbocycles. The van der Waals surface area contributed by atoms with Crippen LogP contribution in [0.3, 0.4) is 0 Å². The number of rotatable bonds is 4. The van der Waals surface area contributed by atoms with Crippen LogP contribution in [-0.4, -0.2) is 40.4 Å². The number of hydrogen-bond donors (Lipinski definition) is 1. The maximum absolute atomic E-state index is 13.1. The first-order valence-corrected chi connectivity index (χ1v) is 9.41. The number of likely N-dealkylation sites (N-methyl/N-ethyl adjacent to an activating group) is 1. The van der Waals surface area contributed by atoms with Crippen LogP contribution < -0.4 is 19.1 Å². The average Bonchev–Trinajstić information content (AvgIpc) is 2.65. The molecule has 0 radical (unpaired) electrons. The smallest absolute Gasteiger partial charge is 0.476 e. The molecule has 1 atom stereocenters. The van der Waals surface area contributed by atoms with Gasteiger partial charge in [-0.1, -0.05) is 12.1 Å². The van der Waals surface area contributed by atoms with E-state index in [4.69, 9.17) is 4.74 Å². The number of nitrogens with zero attached hydrogens (tertiary/aromatic N) is 1. The molecule has 0 saturated carbocycles. The number of carbonyl (C=O) groups excluding carboxylic acids is 1. The maximum atomic E-state index is 13.1. The number of benzene rings is 2. The predicted molar refractivity (Wildman–Crippen MR) is 92.6 cm³/mol. The molecule has 0 aliphatic carbocycles. The predicted octanol–water partition coefficient (Wildman–Crippen LogP) is 2.29. The summed E-state index contributed by atoms with van der Waals surface area (Å²) in [5.74, 6) is -0.858. The molecule has 3 rings (SSSR count). The lowest BCUT2D eigenvalue weighted by Gasteiger charge is -2.34. The van der Waals surface area contributed by atoms with Crippen LogP contribution in [0.25, 0.3) is 0 Å². The lowest BCUT2D eigenvalue weighted by molar-refractivity contribution is -0.274. The largest absolute Gasteiger partial charge is 0.573 e. The molecular weight excluding hydrogens is 401 g/mol. The normalized spacial score (nSPS) is 16.7. The molecule has 1 aliphatic rings. The second-order valence-corrected chi connectivity index (χ2v) is 7.61. The number of fused-ring (bicyclic) bond motifs is 1. The van der Waals surface area contributed by atoms with Gasteiger partial charge in [0, 0.05) is 7.05 Å². The van der Waals surface area contributed by atoms with Crippen molar-refractivity contribution in [3.05, 3.63) is 48.5 Å². The van der Waals surface area contributed by atoms with Gasteiger partial charge in [0.25, 0.3) is 15.9 Å². The number of para-hydroxylation sites is 2. The topological polar surface area (TPSA) is 84.9 Å². The number of amides is 1. The van der Waals surface area contributed by atoms with E-state index in [1.165, 1.54) is 19.2 Å². The number of sulfonamides is 1. The van der Waals surface area contributed by atoms with Gasteiger partial charge in [0.2, 0.25) is 0 Å². The van der Waals surface area contributed by atoms with Gasteiger partial charge in [0.1, 0.15) is 11.5 Å². The Morgan fingerprint density at radius 3 is 2.43 bits per heavy atom. The minimum Gasteiger partial charge on any atom is -0.476 e. The summed E-state index contributed by atoms with van der Waals surface area (Å²) in [4.78, 5) is 11.7. The van der Waals surface area contributed by atoms with Crippen molar-refractivity contribution in [1.29, 1.82) is 0 Å². The summed E-state index contributed by atoms with van der Waals surface area (Å²) in [6.07, 6.45) is -5.97. The fourth-order valence-electron chi connectivity index (χ4n) is 2.67. The Morgan fingerprint density at radius 2 is 1.82 bits per heavy atom. The molecule has 1 amide bonds. The highest BCUT2D eigenvalue weighted by atomic mass is 32.2. The Bertz CT molecular complexity index is 977. The zero-order chi connectivity index (χ0) is 20.5. The summed E-state index contributed by atoms with van der Waals surface area (Å²) >= 11 is 0. The van der Waals surface area contributed by atoms with Crippen LogP contribution in [0.4, 0.5) is 18.9 Å². The summed E-state index contributed by atoms with van der Waals surface area (Å²) in [5.41, 5.74) is 0.221. The lowest BCUT2D eigenvalue weighted by atomic mass is 10.2. The second-order valence-electron chi connectivity index (χ2n) is 5.74. The fourth-order valence-corrected chi connectivity index (χ4v) is 4.14. The number of hydrogen-bond acceptors (Lipinski definition) is 5. The minimum atomic E-state index is -4.88. The Kier molecular flexibility index (Phi) is 5.11. The molecule has 0 saturated heterocycles. The Balaban J connectivity index is 1.97. The first-order chi connectivity index (χ1) is 13.1. The van der Waals surface area contributed by atoms with Crippen molar-refractivity contribution in [1.82, 2.24) is 5.32 Å². The number of ether oxygens (including phenoxy) is 2. The van der Waals surface area contributed by atoms with Gasteiger partial charge in [0.05, 0.1) is 17.1 Å². The molecule has 0 aromatic heterocycles. The number of nitrogens with one attached hydrogen (secondary N) is 1. The number of carbonyl (C=O) groups is 1. The van der Waals surface area contributed by atoms with E-state index >= 15 is 0 Å². The molecular formula is C17H15F3N2O5S. The molecule has 1 aliphatic heterocycles. The van der Waals surface area contributed by atoms with Crippen LogP contribution in [0.1, 0.15) is 0 Å². The second kappa shape index (κ2) is 7.23. The highest BCUT2D eigenvalue weighted by molar-refractivity contribution is 7.92. The molecule has 1 unspecified atom stereocenters. The molecule has 0 fully saturated rings. The molecule has 11 heteroatoms. The van der Waals surface area contributed by atoms with Gasteiger partial charge < -0.3 is 14.8 Å². The van der Waals surface area contributed by atoms with Crippen molar-refractivity contribution in [2.75, 3.05) is 17.9 Å². The van der Waals surface area contributed by atoms with E-state index in [0.29, 0.717) is 0 Å². The van der Waals surface area contributed by atoms with Crippen LogP contribution in [0, 0.1) is 0 Å². The van der Waals surface area contributed by atoms with Gasteiger partial charge >= 0.3 is 6.36 Å². The zero-order valence-electron chi connectivity index (χ0n) is 14.4. The van der Waals surface area contributed by atoms with Gasteiger partial charge in [-0.15, -0.1) is 13.2 Å². The van der Waals surface area contributed by atoms with Crippen LogP contribution >= 0.6 is 0 Å². The molecule has 150 valence electrons. The van der Waals surface area contributed by atoms with Crippen molar-refractivity contribution < 1.29 is 35.9 Å². The zero-order valence-corrected chi connectivity index (χ0v) is 15.3. The molecule has 1 N–H and O–H groups in total. The van der Waals surface area contributed by atoms with E-state index in [2.05, 4.69) is 10.1 Å². The summed E-state index contributed by atoms with van der Waals surface area (Å²) in [6.45, 7) is -0.292. The van der Waals surface area contributed by atoms with Gasteiger partial charge in [0.15, 0.2) is 6.10 Å². The van der Waals surface area contributed by atoms with Crippen molar-refractivity contribution in [2.45, 2.75) is 17.4 Å². The highest BCUT2D eigenvalue weighted by Gasteiger charge is 2.37. The standard InChI is InChI=1S/C17H15F3N2O5S/c1-21-16(23)15-10-22(13-4-2-3-5-14(13)26-15)28(24,25)12-8-6-11(7-9-12)27-17(18,19)20/h2-9,15H,10H2,1H3,(H,21,23). The van der Waals surface area contributed by atoms with Crippen LogP contribution in [-0.2, 0) is 14.8 Å². The van der Waals surface area contributed by atoms with E-state index < -0.39 is 34.1 Å². The minimum absolute atomic E-state index is 0.197. The summed E-state index contributed by atoms with van der Waals surface area (Å²) in [7, 11) is -2.78. The third kappa shape index (κ3) is 3.98. The van der Waals surface area contributed by atoms with E-state index in [1.807, 2.05) is 0 Å². The third-order valence-corrected chi connectivity index (χ3v) is 5.71. The molecule has 28 heavy (non-hydrogen) atoms. The average molecular weight is 416 g/mol. The molecule has 0 spiro atoms. The van der Waals surface area contributed by atoms with E-state index in [0.717, 1.165) is 28.6 Å². The number of alkyl halides is 3. The Morgan fingerprint density at radius 1 is 1.18 bits per heavy atom. The summed E-state index contributed by atoms with van der Waals surface area (Å²) < 4.78 is 73.3. The molecule has 1 heterocycles. The number of halogens is 3. The van der Waals surface area contributed by atoms with Gasteiger partial charge in [-0.2, -0.15) is 0 Å². The Labute approximate surface area is 158 Å². The monoisotopic (exact) mass is 416 g/mol. The van der Waals surface area contributed by atoms with E-state index in [-0.39, 0.29) is 22.9 Å².